The highest BCUT2D eigenvalue weighted by Gasteiger charge is 2.29. The van der Waals surface area contributed by atoms with Crippen LogP contribution in [0.15, 0.2) is 59.1 Å². The molecule has 0 saturated carbocycles. The second kappa shape index (κ2) is 8.94. The molecule has 3 heterocycles. The highest BCUT2D eigenvalue weighted by Crippen LogP contribution is 2.36. The van der Waals surface area contributed by atoms with Crippen molar-refractivity contribution in [3.8, 4) is 5.69 Å². The third-order valence-electron chi connectivity index (χ3n) is 6.35. The fourth-order valence-corrected chi connectivity index (χ4v) is 5.30. The van der Waals surface area contributed by atoms with Gasteiger partial charge >= 0.3 is 0 Å². The molecule has 5 heteroatoms. The zero-order valence-corrected chi connectivity index (χ0v) is 18.9. The van der Waals surface area contributed by atoms with Gasteiger partial charge in [-0.2, -0.15) is 5.10 Å². The molecule has 2 aromatic carbocycles. The molecule has 2 aliphatic heterocycles. The molecule has 0 amide bonds. The lowest BCUT2D eigenvalue weighted by molar-refractivity contribution is 0.198. The zero-order valence-electron chi connectivity index (χ0n) is 17.4. The van der Waals surface area contributed by atoms with E-state index in [0.717, 1.165) is 36.2 Å². The summed E-state index contributed by atoms with van der Waals surface area (Å²) in [6.45, 7) is 4.33. The number of piperidine rings is 1. The first-order valence-electron chi connectivity index (χ1n) is 11.2. The molecule has 1 atom stereocenters. The van der Waals surface area contributed by atoms with Crippen molar-refractivity contribution in [2.45, 2.75) is 44.6 Å². The number of benzene rings is 2. The van der Waals surface area contributed by atoms with Gasteiger partial charge in [-0.15, -0.1) is 0 Å². The number of rotatable bonds is 4. The van der Waals surface area contributed by atoms with Crippen LogP contribution in [0.5, 0.6) is 0 Å². The Hall–Kier alpha value is -2.11. The maximum absolute atomic E-state index is 5.22. The number of fused-ring (bicyclic) bond motifs is 1. The van der Waals surface area contributed by atoms with Crippen molar-refractivity contribution < 1.29 is 0 Å². The molecule has 4 nitrogen and oxygen atoms in total. The summed E-state index contributed by atoms with van der Waals surface area (Å²) in [5.41, 5.74) is 5.28. The summed E-state index contributed by atoms with van der Waals surface area (Å²) < 4.78 is 3.24. The summed E-state index contributed by atoms with van der Waals surface area (Å²) in [6, 6.07) is 19.3. The van der Waals surface area contributed by atoms with Crippen LogP contribution in [0.3, 0.4) is 0 Å². The Morgan fingerprint density at radius 1 is 1.03 bits per heavy atom. The van der Waals surface area contributed by atoms with Crippen LogP contribution in [0.1, 0.15) is 48.4 Å². The SMILES string of the molecule is Brc1cccc(-n2nc(C3CCCN(Cc4ccccc4)C3)c3c2NCCCC3)c1. The van der Waals surface area contributed by atoms with E-state index in [1.807, 2.05) is 0 Å². The molecule has 0 bridgehead atoms. The molecule has 30 heavy (non-hydrogen) atoms. The van der Waals surface area contributed by atoms with Gasteiger partial charge in [0.25, 0.3) is 0 Å². The first kappa shape index (κ1) is 19.8. The van der Waals surface area contributed by atoms with Gasteiger partial charge in [-0.25, -0.2) is 4.68 Å². The molecule has 1 fully saturated rings. The van der Waals surface area contributed by atoms with Crippen molar-refractivity contribution in [1.82, 2.24) is 14.7 Å². The van der Waals surface area contributed by atoms with E-state index in [1.165, 1.54) is 54.9 Å². The van der Waals surface area contributed by atoms with E-state index in [2.05, 4.69) is 85.4 Å². The molecule has 5 rings (SSSR count). The Kier molecular flexibility index (Phi) is 5.91. The lowest BCUT2D eigenvalue weighted by atomic mass is 9.91. The van der Waals surface area contributed by atoms with Crippen molar-refractivity contribution in [3.05, 3.63) is 75.9 Å². The standard InChI is InChI=1S/C25H29BrN4/c26-21-11-6-12-22(16-21)30-25-23(13-4-5-14-27-25)24(28-30)20-10-7-15-29(18-20)17-19-8-2-1-3-9-19/h1-3,6,8-9,11-12,16,20,27H,4-5,7,10,13-15,17-18H2. The Labute approximate surface area is 187 Å². The first-order valence-corrected chi connectivity index (χ1v) is 11.9. The van der Waals surface area contributed by atoms with Crippen LogP contribution in [0.4, 0.5) is 5.82 Å². The van der Waals surface area contributed by atoms with E-state index in [9.17, 15) is 0 Å². The molecule has 0 aliphatic carbocycles. The van der Waals surface area contributed by atoms with Gasteiger partial charge in [0.15, 0.2) is 0 Å². The van der Waals surface area contributed by atoms with Crippen LogP contribution in [0.2, 0.25) is 0 Å². The summed E-state index contributed by atoms with van der Waals surface area (Å²) in [4.78, 5) is 2.61. The molecule has 0 spiro atoms. The Bertz CT molecular complexity index is 998. The van der Waals surface area contributed by atoms with E-state index >= 15 is 0 Å². The highest BCUT2D eigenvalue weighted by atomic mass is 79.9. The number of hydrogen-bond donors (Lipinski definition) is 1. The molecule has 3 aromatic rings. The molecule has 1 unspecified atom stereocenters. The van der Waals surface area contributed by atoms with E-state index in [1.54, 1.807) is 0 Å². The number of anilines is 1. The third-order valence-corrected chi connectivity index (χ3v) is 6.85. The summed E-state index contributed by atoms with van der Waals surface area (Å²) >= 11 is 3.63. The molecule has 2 aliphatic rings. The van der Waals surface area contributed by atoms with Crippen LogP contribution < -0.4 is 5.32 Å². The fraction of sp³-hybridized carbons (Fsp3) is 0.400. The second-order valence-corrected chi connectivity index (χ2v) is 9.46. The van der Waals surface area contributed by atoms with E-state index < -0.39 is 0 Å². The van der Waals surface area contributed by atoms with Crippen LogP contribution in [0, 0.1) is 0 Å². The largest absolute Gasteiger partial charge is 0.370 e. The lowest BCUT2D eigenvalue weighted by Gasteiger charge is -2.32. The number of halogens is 1. The topological polar surface area (TPSA) is 33.1 Å². The average Bonchev–Trinajstić information content (AvgIpc) is 2.96. The van der Waals surface area contributed by atoms with Crippen molar-refractivity contribution in [1.29, 1.82) is 0 Å². The van der Waals surface area contributed by atoms with Gasteiger partial charge in [0.05, 0.1) is 11.4 Å². The molecular formula is C25H29BrN4. The normalized spacial score (nSPS) is 19.7. The van der Waals surface area contributed by atoms with Crippen LogP contribution in [0.25, 0.3) is 5.69 Å². The van der Waals surface area contributed by atoms with Crippen molar-refractivity contribution in [2.75, 3.05) is 25.0 Å². The van der Waals surface area contributed by atoms with Crippen molar-refractivity contribution >= 4 is 21.7 Å². The molecular weight excluding hydrogens is 436 g/mol. The Morgan fingerprint density at radius 2 is 1.93 bits per heavy atom. The van der Waals surface area contributed by atoms with Gasteiger partial charge in [-0.05, 0) is 62.4 Å². The van der Waals surface area contributed by atoms with Crippen LogP contribution in [-0.2, 0) is 13.0 Å². The van der Waals surface area contributed by atoms with Crippen molar-refractivity contribution in [3.63, 3.8) is 0 Å². The van der Waals surface area contributed by atoms with Gasteiger partial charge < -0.3 is 5.32 Å². The van der Waals surface area contributed by atoms with Gasteiger partial charge in [0, 0.05) is 35.6 Å². The molecule has 1 aromatic heterocycles. The number of nitrogens with one attached hydrogen (secondary N) is 1. The van der Waals surface area contributed by atoms with E-state index in [4.69, 9.17) is 5.10 Å². The predicted octanol–water partition coefficient (Wildman–Crippen LogP) is 5.76. The molecule has 156 valence electrons. The first-order chi connectivity index (χ1) is 14.8. The minimum Gasteiger partial charge on any atom is -0.370 e. The number of nitrogens with zero attached hydrogens (tertiary/aromatic N) is 3. The average molecular weight is 465 g/mol. The summed E-state index contributed by atoms with van der Waals surface area (Å²) in [5, 5.41) is 8.91. The maximum atomic E-state index is 5.22. The summed E-state index contributed by atoms with van der Waals surface area (Å²) in [6.07, 6.45) is 6.05. The Morgan fingerprint density at radius 3 is 2.80 bits per heavy atom. The minimum atomic E-state index is 0.504. The minimum absolute atomic E-state index is 0.504. The molecule has 0 radical (unpaired) electrons. The number of hydrogen-bond acceptors (Lipinski definition) is 3. The van der Waals surface area contributed by atoms with Gasteiger partial charge in [0.2, 0.25) is 0 Å². The zero-order chi connectivity index (χ0) is 20.3. The van der Waals surface area contributed by atoms with Gasteiger partial charge in [-0.1, -0.05) is 52.3 Å². The predicted molar refractivity (Wildman–Crippen MR) is 126 cm³/mol. The summed E-state index contributed by atoms with van der Waals surface area (Å²) in [5.74, 6) is 1.71. The van der Waals surface area contributed by atoms with E-state index in [0.29, 0.717) is 5.92 Å². The highest BCUT2D eigenvalue weighted by molar-refractivity contribution is 9.10. The van der Waals surface area contributed by atoms with E-state index in [-0.39, 0.29) is 0 Å². The monoisotopic (exact) mass is 464 g/mol. The van der Waals surface area contributed by atoms with Crippen molar-refractivity contribution in [2.24, 2.45) is 0 Å². The van der Waals surface area contributed by atoms with Crippen LogP contribution in [-0.4, -0.2) is 34.3 Å². The van der Waals surface area contributed by atoms with Gasteiger partial charge in [-0.3, -0.25) is 4.90 Å². The molecule has 1 saturated heterocycles. The second-order valence-electron chi connectivity index (χ2n) is 8.55. The maximum Gasteiger partial charge on any atom is 0.133 e. The van der Waals surface area contributed by atoms with Crippen LogP contribution >= 0.6 is 15.9 Å². The lowest BCUT2D eigenvalue weighted by Crippen LogP contribution is -2.34. The quantitative estimate of drug-likeness (QED) is 0.532. The number of aromatic nitrogens is 2. The summed E-state index contributed by atoms with van der Waals surface area (Å²) in [7, 11) is 0. The van der Waals surface area contributed by atoms with Gasteiger partial charge in [0.1, 0.15) is 5.82 Å². The fourth-order valence-electron chi connectivity index (χ4n) is 4.92. The smallest absolute Gasteiger partial charge is 0.133 e. The third kappa shape index (κ3) is 4.19. The molecule has 1 N–H and O–H groups in total. The number of likely N-dealkylation sites (tertiary alicyclic amines) is 1. The Balaban J connectivity index is 1.46.